The summed E-state index contributed by atoms with van der Waals surface area (Å²) in [5.41, 5.74) is 0.228. The first-order chi connectivity index (χ1) is 9.91. The van der Waals surface area contributed by atoms with Gasteiger partial charge >= 0.3 is 0 Å². The Morgan fingerprint density at radius 3 is 2.38 bits per heavy atom. The van der Waals surface area contributed by atoms with Gasteiger partial charge in [-0.2, -0.15) is 4.31 Å². The molecule has 1 aromatic rings. The number of hydrogen-bond donors (Lipinski definition) is 0. The summed E-state index contributed by atoms with van der Waals surface area (Å²) in [5.74, 6) is 0.120. The van der Waals surface area contributed by atoms with Crippen LogP contribution in [0, 0.1) is 0 Å². The SMILES string of the molecule is CCOc1ccc(C(=O)N2CCN(S(C)(=O)=O)CC2)nn1. The van der Waals surface area contributed by atoms with Crippen molar-refractivity contribution in [2.75, 3.05) is 39.0 Å². The zero-order valence-electron chi connectivity index (χ0n) is 12.0. The van der Waals surface area contributed by atoms with Gasteiger partial charge in [-0.3, -0.25) is 4.79 Å². The first-order valence-electron chi connectivity index (χ1n) is 6.62. The second kappa shape index (κ2) is 6.35. The Kier molecular flexibility index (Phi) is 4.73. The lowest BCUT2D eigenvalue weighted by Gasteiger charge is -2.32. The summed E-state index contributed by atoms with van der Waals surface area (Å²) in [6.07, 6.45) is 1.17. The maximum Gasteiger partial charge on any atom is 0.274 e. The zero-order valence-corrected chi connectivity index (χ0v) is 12.8. The van der Waals surface area contributed by atoms with Crippen molar-refractivity contribution in [3.63, 3.8) is 0 Å². The third-order valence-corrected chi connectivity index (χ3v) is 4.45. The standard InChI is InChI=1S/C12H18N4O4S/c1-3-20-11-5-4-10(13-14-11)12(17)15-6-8-16(9-7-15)21(2,18)19/h4-5H,3,6-9H2,1-2H3. The smallest absolute Gasteiger partial charge is 0.274 e. The molecule has 0 atom stereocenters. The second-order valence-corrected chi connectivity index (χ2v) is 6.63. The lowest BCUT2D eigenvalue weighted by Crippen LogP contribution is -2.50. The molecule has 1 fully saturated rings. The monoisotopic (exact) mass is 314 g/mol. The van der Waals surface area contributed by atoms with Gasteiger partial charge in [-0.05, 0) is 13.0 Å². The van der Waals surface area contributed by atoms with Crippen LogP contribution >= 0.6 is 0 Å². The van der Waals surface area contributed by atoms with E-state index in [1.807, 2.05) is 6.92 Å². The Balaban J connectivity index is 1.98. The van der Waals surface area contributed by atoms with Gasteiger partial charge in [0.2, 0.25) is 15.9 Å². The molecule has 2 heterocycles. The number of hydrogen-bond acceptors (Lipinski definition) is 6. The molecule has 116 valence electrons. The summed E-state index contributed by atoms with van der Waals surface area (Å²) in [6.45, 7) is 3.61. The Hall–Kier alpha value is -1.74. The van der Waals surface area contributed by atoms with Gasteiger partial charge in [-0.15, -0.1) is 10.2 Å². The summed E-state index contributed by atoms with van der Waals surface area (Å²) >= 11 is 0. The van der Waals surface area contributed by atoms with Crippen LogP contribution in [0.2, 0.25) is 0 Å². The van der Waals surface area contributed by atoms with E-state index in [-0.39, 0.29) is 11.6 Å². The van der Waals surface area contributed by atoms with Crippen LogP contribution in [0.15, 0.2) is 12.1 Å². The van der Waals surface area contributed by atoms with E-state index in [0.717, 1.165) is 0 Å². The van der Waals surface area contributed by atoms with Crippen molar-refractivity contribution < 1.29 is 17.9 Å². The highest BCUT2D eigenvalue weighted by molar-refractivity contribution is 7.88. The fourth-order valence-electron chi connectivity index (χ4n) is 2.04. The van der Waals surface area contributed by atoms with E-state index in [2.05, 4.69) is 10.2 Å². The van der Waals surface area contributed by atoms with Gasteiger partial charge in [0.15, 0.2) is 5.69 Å². The molecule has 1 aliphatic heterocycles. The highest BCUT2D eigenvalue weighted by Crippen LogP contribution is 2.11. The molecule has 0 bridgehead atoms. The highest BCUT2D eigenvalue weighted by Gasteiger charge is 2.27. The first-order valence-corrected chi connectivity index (χ1v) is 8.47. The summed E-state index contributed by atoms with van der Waals surface area (Å²) < 4.78 is 29.4. The maximum absolute atomic E-state index is 12.2. The topological polar surface area (TPSA) is 92.7 Å². The number of sulfonamides is 1. The molecular formula is C12H18N4O4S. The fraction of sp³-hybridized carbons (Fsp3) is 0.583. The molecule has 0 spiro atoms. The third kappa shape index (κ3) is 3.88. The molecule has 0 saturated carbocycles. The van der Waals surface area contributed by atoms with Crippen molar-refractivity contribution in [1.29, 1.82) is 0 Å². The molecule has 21 heavy (non-hydrogen) atoms. The van der Waals surface area contributed by atoms with Crippen LogP contribution in [-0.4, -0.2) is 72.8 Å². The Labute approximate surface area is 123 Å². The second-order valence-electron chi connectivity index (χ2n) is 4.64. The van der Waals surface area contributed by atoms with Crippen molar-refractivity contribution in [1.82, 2.24) is 19.4 Å². The van der Waals surface area contributed by atoms with Gasteiger partial charge in [-0.1, -0.05) is 0 Å². The van der Waals surface area contributed by atoms with Gasteiger partial charge in [0, 0.05) is 32.2 Å². The maximum atomic E-state index is 12.2. The van der Waals surface area contributed by atoms with Crippen molar-refractivity contribution >= 4 is 15.9 Å². The number of nitrogens with zero attached hydrogens (tertiary/aromatic N) is 4. The van der Waals surface area contributed by atoms with Gasteiger partial charge in [-0.25, -0.2) is 8.42 Å². The Bertz CT molecular complexity index is 594. The largest absolute Gasteiger partial charge is 0.477 e. The number of piperazine rings is 1. The van der Waals surface area contributed by atoms with Gasteiger partial charge in [0.05, 0.1) is 12.9 Å². The van der Waals surface area contributed by atoms with Crippen molar-refractivity contribution in [2.45, 2.75) is 6.92 Å². The molecule has 8 nitrogen and oxygen atoms in total. The minimum atomic E-state index is -3.20. The van der Waals surface area contributed by atoms with E-state index in [1.54, 1.807) is 17.0 Å². The lowest BCUT2D eigenvalue weighted by atomic mass is 10.3. The van der Waals surface area contributed by atoms with Crippen LogP contribution in [0.1, 0.15) is 17.4 Å². The van der Waals surface area contributed by atoms with Crippen LogP contribution in [0.3, 0.4) is 0 Å². The first kappa shape index (κ1) is 15.6. The molecule has 9 heteroatoms. The quantitative estimate of drug-likeness (QED) is 0.750. The van der Waals surface area contributed by atoms with Crippen LogP contribution in [-0.2, 0) is 10.0 Å². The molecule has 0 aliphatic carbocycles. The van der Waals surface area contributed by atoms with E-state index in [4.69, 9.17) is 4.74 Å². The van der Waals surface area contributed by atoms with Crippen molar-refractivity contribution in [3.05, 3.63) is 17.8 Å². The average Bonchev–Trinajstić information content (AvgIpc) is 2.47. The molecule has 2 rings (SSSR count). The number of carbonyl (C=O) groups excluding carboxylic acids is 1. The number of rotatable bonds is 4. The average molecular weight is 314 g/mol. The molecule has 0 N–H and O–H groups in total. The van der Waals surface area contributed by atoms with E-state index in [9.17, 15) is 13.2 Å². The highest BCUT2D eigenvalue weighted by atomic mass is 32.2. The predicted octanol–water partition coefficient (Wildman–Crippen LogP) is -0.407. The van der Waals surface area contributed by atoms with Gasteiger partial charge in [0.25, 0.3) is 5.91 Å². The van der Waals surface area contributed by atoms with Crippen molar-refractivity contribution in [2.24, 2.45) is 0 Å². The molecule has 1 amide bonds. The fourth-order valence-corrected chi connectivity index (χ4v) is 2.87. The van der Waals surface area contributed by atoms with E-state index in [1.165, 1.54) is 10.6 Å². The van der Waals surface area contributed by atoms with E-state index in [0.29, 0.717) is 38.7 Å². The normalized spacial score (nSPS) is 16.8. The zero-order chi connectivity index (χ0) is 15.5. The third-order valence-electron chi connectivity index (χ3n) is 3.15. The number of ether oxygens (including phenoxy) is 1. The van der Waals surface area contributed by atoms with Crippen LogP contribution in [0.5, 0.6) is 5.88 Å². The summed E-state index contributed by atoms with van der Waals surface area (Å²) in [7, 11) is -3.20. The number of carbonyl (C=O) groups is 1. The van der Waals surface area contributed by atoms with Crippen LogP contribution < -0.4 is 4.74 Å². The van der Waals surface area contributed by atoms with Gasteiger partial charge in [0.1, 0.15) is 0 Å². The molecule has 0 aromatic carbocycles. The Morgan fingerprint density at radius 1 is 1.24 bits per heavy atom. The minimum absolute atomic E-state index is 0.228. The van der Waals surface area contributed by atoms with Crippen LogP contribution in [0.25, 0.3) is 0 Å². The summed E-state index contributed by atoms with van der Waals surface area (Å²) in [4.78, 5) is 13.8. The Morgan fingerprint density at radius 2 is 1.90 bits per heavy atom. The molecule has 1 aliphatic rings. The molecule has 0 radical (unpaired) electrons. The van der Waals surface area contributed by atoms with Crippen LogP contribution in [0.4, 0.5) is 0 Å². The lowest BCUT2D eigenvalue weighted by molar-refractivity contribution is 0.0691. The van der Waals surface area contributed by atoms with E-state index < -0.39 is 10.0 Å². The summed E-state index contributed by atoms with van der Waals surface area (Å²) in [6, 6.07) is 3.15. The molecule has 1 aromatic heterocycles. The minimum Gasteiger partial charge on any atom is -0.477 e. The number of aromatic nitrogens is 2. The van der Waals surface area contributed by atoms with Crippen molar-refractivity contribution in [3.8, 4) is 5.88 Å². The molecule has 0 unspecified atom stereocenters. The van der Waals surface area contributed by atoms with E-state index >= 15 is 0 Å². The predicted molar refractivity (Wildman–Crippen MR) is 75.5 cm³/mol. The summed E-state index contributed by atoms with van der Waals surface area (Å²) in [5, 5.41) is 7.65. The number of amides is 1. The van der Waals surface area contributed by atoms with Gasteiger partial charge < -0.3 is 9.64 Å². The molecule has 1 saturated heterocycles. The molecular weight excluding hydrogens is 296 g/mol.